The lowest BCUT2D eigenvalue weighted by atomic mass is 10.2. The largest absolute Gasteiger partial charge is 0.464 e. The summed E-state index contributed by atoms with van der Waals surface area (Å²) in [5, 5.41) is 9.71. The number of aromatic nitrogens is 1. The van der Waals surface area contributed by atoms with Crippen molar-refractivity contribution in [3.05, 3.63) is 54.1 Å². The molecule has 2 aromatic rings. The molecule has 1 amide bonds. The van der Waals surface area contributed by atoms with Crippen LogP contribution >= 0.6 is 0 Å². The van der Waals surface area contributed by atoms with Gasteiger partial charge in [-0.25, -0.2) is 14.7 Å². The third-order valence-electron chi connectivity index (χ3n) is 4.77. The van der Waals surface area contributed by atoms with Crippen LogP contribution in [0.1, 0.15) is 26.3 Å². The number of rotatable bonds is 5. The van der Waals surface area contributed by atoms with Crippen molar-refractivity contribution in [2.24, 2.45) is 0 Å². The monoisotopic (exact) mass is 376 g/mol. The molecular weight excluding hydrogens is 351 g/mol. The first-order valence-corrected chi connectivity index (χ1v) is 11.3. The molecule has 0 saturated carbocycles. The Morgan fingerprint density at radius 3 is 2.42 bits per heavy atom. The molecule has 140 valence electrons. The van der Waals surface area contributed by atoms with E-state index in [0.717, 1.165) is 11.0 Å². The van der Waals surface area contributed by atoms with Gasteiger partial charge in [-0.1, -0.05) is 39.0 Å². The molecule has 7 heteroatoms. The molecule has 1 heterocycles. The Morgan fingerprint density at radius 1 is 1.27 bits per heavy atom. The van der Waals surface area contributed by atoms with Crippen LogP contribution in [0.5, 0.6) is 0 Å². The minimum Gasteiger partial charge on any atom is -0.464 e. The number of nitrogens with zero attached hydrogens (tertiary/aromatic N) is 2. The van der Waals surface area contributed by atoms with Crippen molar-refractivity contribution in [2.75, 3.05) is 4.90 Å². The van der Waals surface area contributed by atoms with E-state index < -0.39 is 20.4 Å². The fraction of sp³-hybridized carbons (Fsp3) is 0.368. The first-order chi connectivity index (χ1) is 12.0. The molecule has 5 nitrogen and oxygen atoms in total. The van der Waals surface area contributed by atoms with E-state index >= 15 is 0 Å². The van der Waals surface area contributed by atoms with E-state index in [1.54, 1.807) is 30.3 Å². The minimum atomic E-state index is -2.05. The van der Waals surface area contributed by atoms with Crippen molar-refractivity contribution in [2.45, 2.75) is 45.5 Å². The van der Waals surface area contributed by atoms with Gasteiger partial charge in [-0.15, -0.1) is 0 Å². The molecule has 0 aliphatic heterocycles. The number of carboxylic acid groups (broad SMARTS) is 1. The van der Waals surface area contributed by atoms with Crippen LogP contribution in [0.15, 0.2) is 42.6 Å². The van der Waals surface area contributed by atoms with E-state index in [1.807, 2.05) is 0 Å². The lowest BCUT2D eigenvalue weighted by Crippen LogP contribution is -2.40. The van der Waals surface area contributed by atoms with E-state index in [0.29, 0.717) is 11.3 Å². The molecule has 0 atom stereocenters. The Labute approximate surface area is 154 Å². The van der Waals surface area contributed by atoms with Crippen LogP contribution in [0.25, 0.3) is 0 Å². The van der Waals surface area contributed by atoms with Gasteiger partial charge in [0.05, 0.1) is 18.0 Å². The second-order valence-corrected chi connectivity index (χ2v) is 12.4. The second kappa shape index (κ2) is 7.55. The molecule has 1 N–H and O–H groups in total. The average Bonchev–Trinajstić information content (AvgIpc) is 2.54. The quantitative estimate of drug-likeness (QED) is 0.548. The Morgan fingerprint density at radius 2 is 1.88 bits per heavy atom. The van der Waals surface area contributed by atoms with Crippen molar-refractivity contribution in [1.29, 1.82) is 0 Å². The van der Waals surface area contributed by atoms with E-state index in [1.165, 1.54) is 6.20 Å². The zero-order valence-corrected chi connectivity index (χ0v) is 16.8. The lowest BCUT2D eigenvalue weighted by molar-refractivity contribution is 0.204. The maximum Gasteiger partial charge on any atom is 0.416 e. The van der Waals surface area contributed by atoms with E-state index in [4.69, 9.17) is 4.43 Å². The van der Waals surface area contributed by atoms with Gasteiger partial charge in [0.1, 0.15) is 0 Å². The molecular formula is C19H25FN2O3Si. The highest BCUT2D eigenvalue weighted by atomic mass is 28.4. The van der Waals surface area contributed by atoms with Crippen molar-refractivity contribution >= 4 is 25.8 Å². The summed E-state index contributed by atoms with van der Waals surface area (Å²) in [6.45, 7) is 10.8. The fourth-order valence-electron chi connectivity index (χ4n) is 2.17. The highest BCUT2D eigenvalue weighted by Crippen LogP contribution is 2.38. The van der Waals surface area contributed by atoms with E-state index in [-0.39, 0.29) is 17.3 Å². The molecule has 0 aliphatic rings. The maximum atomic E-state index is 13.8. The minimum absolute atomic E-state index is 0.00649. The van der Waals surface area contributed by atoms with Crippen molar-refractivity contribution in [1.82, 2.24) is 4.98 Å². The van der Waals surface area contributed by atoms with Gasteiger partial charge in [-0.2, -0.15) is 4.39 Å². The first-order valence-electron chi connectivity index (χ1n) is 8.39. The van der Waals surface area contributed by atoms with Gasteiger partial charge in [-0.3, -0.25) is 0 Å². The lowest BCUT2D eigenvalue weighted by Gasteiger charge is -2.36. The molecule has 0 radical (unpaired) electrons. The number of hydrogen-bond acceptors (Lipinski definition) is 3. The van der Waals surface area contributed by atoms with Gasteiger partial charge in [-0.05, 0) is 30.3 Å². The molecule has 0 saturated heterocycles. The number of hydrogen-bond donors (Lipinski definition) is 1. The first kappa shape index (κ1) is 20.1. The molecule has 0 aliphatic carbocycles. The maximum absolute atomic E-state index is 13.8. The third-order valence-corrected chi connectivity index (χ3v) is 9.25. The Kier molecular flexibility index (Phi) is 5.83. The molecule has 2 rings (SSSR count). The predicted molar refractivity (Wildman–Crippen MR) is 103 cm³/mol. The molecule has 0 spiro atoms. The normalized spacial score (nSPS) is 12.1. The number of benzene rings is 1. The standard InChI is InChI=1S/C19H25FN2O3Si/c1-19(2,3)26(4,5)25-13-14-12-21-17(20)11-16(14)22(18(23)24)15-9-7-6-8-10-15/h6-12H,13H2,1-5H3,(H,23,24). The average molecular weight is 377 g/mol. The third kappa shape index (κ3) is 4.47. The van der Waals surface area contributed by atoms with Crippen molar-refractivity contribution in [3.63, 3.8) is 0 Å². The highest BCUT2D eigenvalue weighted by Gasteiger charge is 2.37. The zero-order chi connectivity index (χ0) is 19.5. The number of halogens is 1. The topological polar surface area (TPSA) is 62.7 Å². The fourth-order valence-corrected chi connectivity index (χ4v) is 3.12. The van der Waals surface area contributed by atoms with Gasteiger partial charge in [0.25, 0.3) is 0 Å². The van der Waals surface area contributed by atoms with Crippen LogP contribution in [0.4, 0.5) is 20.6 Å². The molecule has 26 heavy (non-hydrogen) atoms. The molecule has 0 unspecified atom stereocenters. The van der Waals surface area contributed by atoms with Crippen LogP contribution in [0.3, 0.4) is 0 Å². The molecule has 1 aromatic carbocycles. The van der Waals surface area contributed by atoms with Gasteiger partial charge in [0.15, 0.2) is 8.32 Å². The summed E-state index contributed by atoms with van der Waals surface area (Å²) >= 11 is 0. The van der Waals surface area contributed by atoms with Crippen LogP contribution in [0.2, 0.25) is 18.1 Å². The smallest absolute Gasteiger partial charge is 0.416 e. The van der Waals surface area contributed by atoms with Gasteiger partial charge in [0, 0.05) is 17.8 Å². The van der Waals surface area contributed by atoms with Crippen LogP contribution in [-0.2, 0) is 11.0 Å². The number of pyridine rings is 1. The summed E-state index contributed by atoms with van der Waals surface area (Å²) in [6, 6.07) is 9.70. The van der Waals surface area contributed by atoms with Gasteiger partial charge >= 0.3 is 6.09 Å². The number of carbonyl (C=O) groups is 1. The predicted octanol–water partition coefficient (Wildman–Crippen LogP) is 5.56. The van der Waals surface area contributed by atoms with Gasteiger partial charge in [0.2, 0.25) is 5.95 Å². The number of para-hydroxylation sites is 1. The number of anilines is 2. The molecule has 0 fully saturated rings. The van der Waals surface area contributed by atoms with Gasteiger partial charge < -0.3 is 9.53 Å². The summed E-state index contributed by atoms with van der Waals surface area (Å²) in [7, 11) is -2.05. The summed E-state index contributed by atoms with van der Waals surface area (Å²) in [4.78, 5) is 16.6. The summed E-state index contributed by atoms with van der Waals surface area (Å²) in [5.74, 6) is -0.738. The van der Waals surface area contributed by atoms with E-state index in [9.17, 15) is 14.3 Å². The Balaban J connectivity index is 2.42. The van der Waals surface area contributed by atoms with E-state index in [2.05, 4.69) is 38.8 Å². The molecule has 0 bridgehead atoms. The SMILES string of the molecule is CC(C)(C)[Si](C)(C)OCc1cnc(F)cc1N(C(=O)O)c1ccccc1. The second-order valence-electron chi connectivity index (χ2n) is 7.64. The zero-order valence-electron chi connectivity index (χ0n) is 15.8. The number of amides is 1. The van der Waals surface area contributed by atoms with Crippen molar-refractivity contribution in [3.8, 4) is 0 Å². The summed E-state index contributed by atoms with van der Waals surface area (Å²) in [5.41, 5.74) is 1.18. The Hall–Kier alpha value is -2.25. The van der Waals surface area contributed by atoms with Crippen molar-refractivity contribution < 1.29 is 18.7 Å². The van der Waals surface area contributed by atoms with Crippen LogP contribution < -0.4 is 4.90 Å². The Bertz CT molecular complexity index is 776. The molecule has 1 aromatic heterocycles. The van der Waals surface area contributed by atoms with Crippen LogP contribution in [0, 0.1) is 5.95 Å². The summed E-state index contributed by atoms with van der Waals surface area (Å²) < 4.78 is 20.0. The summed E-state index contributed by atoms with van der Waals surface area (Å²) in [6.07, 6.45) is 0.145. The van der Waals surface area contributed by atoms with Crippen LogP contribution in [-0.4, -0.2) is 24.5 Å². The highest BCUT2D eigenvalue weighted by molar-refractivity contribution is 6.74.